The smallest absolute Gasteiger partial charge is 0.114 e. The van der Waals surface area contributed by atoms with Gasteiger partial charge < -0.3 is 5.11 Å². The number of hydrogen-bond acceptors (Lipinski definition) is 2. The summed E-state index contributed by atoms with van der Waals surface area (Å²) >= 11 is 8.67. The molecule has 1 heterocycles. The van der Waals surface area contributed by atoms with E-state index in [0.29, 0.717) is 0 Å². The van der Waals surface area contributed by atoms with Gasteiger partial charge >= 0.3 is 0 Å². The Hall–Kier alpha value is -0.680. The second-order valence-electron chi connectivity index (χ2n) is 4.69. The molecule has 0 amide bonds. The summed E-state index contributed by atoms with van der Waals surface area (Å²) in [5, 5.41) is 12.9. The van der Waals surface area contributed by atoms with Crippen molar-refractivity contribution in [3.63, 3.8) is 0 Å². The number of aliphatic hydroxyl groups excluding tert-OH is 1. The first-order valence-corrected chi connectivity index (χ1v) is 8.59. The molecule has 0 aliphatic heterocycles. The SMILES string of the molecule is Cc1cc(C(O)c2ccc(Br)c3ccccc23)sc1Br. The Balaban J connectivity index is 2.17. The minimum absolute atomic E-state index is 0.594. The maximum atomic E-state index is 10.7. The highest BCUT2D eigenvalue weighted by Crippen LogP contribution is 2.37. The molecule has 102 valence electrons. The average molecular weight is 412 g/mol. The molecule has 20 heavy (non-hydrogen) atoms. The van der Waals surface area contributed by atoms with Crippen LogP contribution in [0.15, 0.2) is 50.7 Å². The van der Waals surface area contributed by atoms with E-state index in [-0.39, 0.29) is 0 Å². The van der Waals surface area contributed by atoms with E-state index < -0.39 is 6.10 Å². The van der Waals surface area contributed by atoms with Gasteiger partial charge in [0.25, 0.3) is 0 Å². The minimum atomic E-state index is -0.594. The first-order chi connectivity index (χ1) is 9.58. The van der Waals surface area contributed by atoms with Gasteiger partial charge in [-0.05, 0) is 56.9 Å². The van der Waals surface area contributed by atoms with E-state index in [0.717, 1.165) is 35.0 Å². The highest BCUT2D eigenvalue weighted by molar-refractivity contribution is 9.11. The number of benzene rings is 2. The highest BCUT2D eigenvalue weighted by atomic mass is 79.9. The second kappa shape index (κ2) is 5.60. The van der Waals surface area contributed by atoms with Gasteiger partial charge in [-0.25, -0.2) is 0 Å². The lowest BCUT2D eigenvalue weighted by atomic mass is 9.99. The summed E-state index contributed by atoms with van der Waals surface area (Å²) in [4.78, 5) is 0.960. The number of aryl methyl sites for hydroxylation is 1. The van der Waals surface area contributed by atoms with E-state index in [1.54, 1.807) is 11.3 Å². The normalized spacial score (nSPS) is 12.8. The quantitative estimate of drug-likeness (QED) is 0.563. The molecule has 0 aliphatic carbocycles. The van der Waals surface area contributed by atoms with Gasteiger partial charge in [-0.1, -0.05) is 46.3 Å². The van der Waals surface area contributed by atoms with Gasteiger partial charge in [0.15, 0.2) is 0 Å². The average Bonchev–Trinajstić information content (AvgIpc) is 2.79. The van der Waals surface area contributed by atoms with Crippen molar-refractivity contribution in [1.29, 1.82) is 0 Å². The van der Waals surface area contributed by atoms with Crippen LogP contribution < -0.4 is 0 Å². The van der Waals surface area contributed by atoms with Crippen LogP contribution in [0.3, 0.4) is 0 Å². The van der Waals surface area contributed by atoms with Crippen LogP contribution in [-0.4, -0.2) is 5.11 Å². The highest BCUT2D eigenvalue weighted by Gasteiger charge is 2.17. The Morgan fingerprint density at radius 1 is 1.05 bits per heavy atom. The van der Waals surface area contributed by atoms with Crippen molar-refractivity contribution < 1.29 is 5.11 Å². The van der Waals surface area contributed by atoms with Gasteiger partial charge in [0.2, 0.25) is 0 Å². The lowest BCUT2D eigenvalue weighted by molar-refractivity contribution is 0.225. The molecule has 1 atom stereocenters. The molecular weight excluding hydrogens is 400 g/mol. The summed E-state index contributed by atoms with van der Waals surface area (Å²) in [6.07, 6.45) is -0.594. The summed E-state index contributed by atoms with van der Waals surface area (Å²) in [5.74, 6) is 0. The van der Waals surface area contributed by atoms with Crippen molar-refractivity contribution in [2.24, 2.45) is 0 Å². The van der Waals surface area contributed by atoms with E-state index in [2.05, 4.69) is 37.9 Å². The summed E-state index contributed by atoms with van der Waals surface area (Å²) < 4.78 is 2.13. The van der Waals surface area contributed by atoms with Crippen LogP contribution in [0.25, 0.3) is 10.8 Å². The second-order valence-corrected chi connectivity index (χ2v) is 7.95. The van der Waals surface area contributed by atoms with Crippen LogP contribution >= 0.6 is 43.2 Å². The Morgan fingerprint density at radius 2 is 1.75 bits per heavy atom. The molecule has 1 nitrogen and oxygen atoms in total. The summed E-state index contributed by atoms with van der Waals surface area (Å²) in [7, 11) is 0. The van der Waals surface area contributed by atoms with Crippen molar-refractivity contribution in [3.8, 4) is 0 Å². The predicted molar refractivity (Wildman–Crippen MR) is 92.5 cm³/mol. The first kappa shape index (κ1) is 14.3. The molecule has 0 aliphatic rings. The molecular formula is C16H12Br2OS. The third-order valence-corrected chi connectivity index (χ3v) is 6.23. The minimum Gasteiger partial charge on any atom is -0.383 e. The maximum absolute atomic E-state index is 10.7. The van der Waals surface area contributed by atoms with E-state index in [1.165, 1.54) is 0 Å². The lowest BCUT2D eigenvalue weighted by Gasteiger charge is -2.13. The summed E-state index contributed by atoms with van der Waals surface area (Å²) in [6.45, 7) is 2.04. The van der Waals surface area contributed by atoms with Crippen LogP contribution in [-0.2, 0) is 0 Å². The zero-order chi connectivity index (χ0) is 14.3. The van der Waals surface area contributed by atoms with Crippen LogP contribution in [0, 0.1) is 6.92 Å². The molecule has 4 heteroatoms. The topological polar surface area (TPSA) is 20.2 Å². The molecule has 0 bridgehead atoms. The zero-order valence-corrected chi connectivity index (χ0v) is 14.7. The Kier molecular flexibility index (Phi) is 4.00. The zero-order valence-electron chi connectivity index (χ0n) is 10.7. The maximum Gasteiger partial charge on any atom is 0.114 e. The fourth-order valence-corrected chi connectivity index (χ4v) is 4.35. The molecule has 1 N–H and O–H groups in total. The number of halogens is 2. The summed E-state index contributed by atoms with van der Waals surface area (Å²) in [5.41, 5.74) is 2.10. The number of rotatable bonds is 2. The number of thiophene rings is 1. The van der Waals surface area contributed by atoms with Crippen LogP contribution in [0.2, 0.25) is 0 Å². The van der Waals surface area contributed by atoms with Crippen LogP contribution in [0.4, 0.5) is 0 Å². The molecule has 1 unspecified atom stereocenters. The van der Waals surface area contributed by atoms with Gasteiger partial charge in [0, 0.05) is 9.35 Å². The Morgan fingerprint density at radius 3 is 2.40 bits per heavy atom. The number of fused-ring (bicyclic) bond motifs is 1. The van der Waals surface area contributed by atoms with Crippen LogP contribution in [0.1, 0.15) is 22.1 Å². The van der Waals surface area contributed by atoms with Gasteiger partial charge in [-0.15, -0.1) is 11.3 Å². The fourth-order valence-electron chi connectivity index (χ4n) is 2.30. The molecule has 2 aromatic carbocycles. The van der Waals surface area contributed by atoms with E-state index in [1.807, 2.05) is 43.3 Å². The van der Waals surface area contributed by atoms with Crippen molar-refractivity contribution in [1.82, 2.24) is 0 Å². The number of aliphatic hydroxyl groups is 1. The molecule has 3 aromatic rings. The van der Waals surface area contributed by atoms with Gasteiger partial charge in [-0.2, -0.15) is 0 Å². The van der Waals surface area contributed by atoms with Gasteiger partial charge in [-0.3, -0.25) is 0 Å². The van der Waals surface area contributed by atoms with E-state index in [9.17, 15) is 5.11 Å². The van der Waals surface area contributed by atoms with Crippen LogP contribution in [0.5, 0.6) is 0 Å². The first-order valence-electron chi connectivity index (χ1n) is 6.19. The third-order valence-electron chi connectivity index (χ3n) is 3.34. The predicted octanol–water partition coefficient (Wildman–Crippen LogP) is 5.82. The Bertz CT molecular complexity index is 760. The monoisotopic (exact) mass is 410 g/mol. The molecule has 0 saturated carbocycles. The number of hydrogen-bond donors (Lipinski definition) is 1. The van der Waals surface area contributed by atoms with Crippen molar-refractivity contribution >= 4 is 54.0 Å². The molecule has 0 spiro atoms. The standard InChI is InChI=1S/C16H12Br2OS/c1-9-8-14(20-16(9)18)15(19)12-6-7-13(17)11-5-3-2-4-10(11)12/h2-8,15,19H,1H3. The lowest BCUT2D eigenvalue weighted by Crippen LogP contribution is -1.98. The third kappa shape index (κ3) is 2.46. The van der Waals surface area contributed by atoms with Gasteiger partial charge in [0.05, 0.1) is 3.79 Å². The molecule has 0 radical (unpaired) electrons. The van der Waals surface area contributed by atoms with Crippen molar-refractivity contribution in [3.05, 3.63) is 66.7 Å². The van der Waals surface area contributed by atoms with Crippen molar-refractivity contribution in [2.75, 3.05) is 0 Å². The molecule has 3 rings (SSSR count). The Labute approximate surface area is 138 Å². The van der Waals surface area contributed by atoms with Crippen molar-refractivity contribution in [2.45, 2.75) is 13.0 Å². The van der Waals surface area contributed by atoms with E-state index in [4.69, 9.17) is 0 Å². The summed E-state index contributed by atoms with van der Waals surface area (Å²) in [6, 6.07) is 14.1. The molecule has 1 aromatic heterocycles. The largest absolute Gasteiger partial charge is 0.383 e. The van der Waals surface area contributed by atoms with Gasteiger partial charge in [0.1, 0.15) is 6.10 Å². The van der Waals surface area contributed by atoms with E-state index >= 15 is 0 Å². The molecule has 0 saturated heterocycles. The molecule has 0 fully saturated rings. The fraction of sp³-hybridized carbons (Fsp3) is 0.125.